The standard InChI is InChI=1S/C31H30BFN2O4/c1-30(2)31(3,4)39-32(38-30)22(16-20-13-14-28(33)21(15-20)17-34)18-35-29(36)37-19-27-25-11-7-5-9-23(25)24-10-6-8-12-26(24)27/h5-16,27H,18-19H2,1-4H3,(H,35,36). The van der Waals surface area contributed by atoms with Crippen LogP contribution in [0.3, 0.4) is 0 Å². The summed E-state index contributed by atoms with van der Waals surface area (Å²) in [6.45, 7) is 8.03. The van der Waals surface area contributed by atoms with Gasteiger partial charge in [0.1, 0.15) is 18.5 Å². The van der Waals surface area contributed by atoms with Gasteiger partial charge in [0.25, 0.3) is 0 Å². The van der Waals surface area contributed by atoms with Crippen LogP contribution in [0.1, 0.15) is 55.9 Å². The van der Waals surface area contributed by atoms with E-state index < -0.39 is 30.2 Å². The number of hydrogen-bond donors (Lipinski definition) is 1. The van der Waals surface area contributed by atoms with Gasteiger partial charge in [0.2, 0.25) is 0 Å². The van der Waals surface area contributed by atoms with Crippen molar-refractivity contribution in [2.45, 2.75) is 44.8 Å². The molecule has 0 aromatic heterocycles. The highest BCUT2D eigenvalue weighted by Gasteiger charge is 2.52. The molecule has 0 unspecified atom stereocenters. The molecule has 1 aliphatic heterocycles. The smallest absolute Gasteiger partial charge is 0.449 e. The Labute approximate surface area is 228 Å². The second-order valence-electron chi connectivity index (χ2n) is 10.8. The Kier molecular flexibility index (Phi) is 7.06. The molecule has 0 radical (unpaired) electrons. The van der Waals surface area contributed by atoms with Crippen LogP contribution in [0, 0.1) is 17.1 Å². The van der Waals surface area contributed by atoms with Gasteiger partial charge in [-0.25, -0.2) is 9.18 Å². The van der Waals surface area contributed by atoms with Gasteiger partial charge in [0.05, 0.1) is 16.8 Å². The number of halogens is 1. The third-order valence-electron chi connectivity index (χ3n) is 7.80. The van der Waals surface area contributed by atoms with Crippen LogP contribution < -0.4 is 5.32 Å². The van der Waals surface area contributed by atoms with Crippen LogP contribution >= 0.6 is 0 Å². The van der Waals surface area contributed by atoms with E-state index in [1.165, 1.54) is 12.1 Å². The summed E-state index contributed by atoms with van der Waals surface area (Å²) in [5.74, 6) is -0.645. The first kappa shape index (κ1) is 26.7. The highest BCUT2D eigenvalue weighted by atomic mass is 19.1. The molecule has 5 rings (SSSR count). The predicted molar refractivity (Wildman–Crippen MR) is 148 cm³/mol. The highest BCUT2D eigenvalue weighted by molar-refractivity contribution is 6.56. The van der Waals surface area contributed by atoms with Crippen molar-refractivity contribution >= 4 is 19.3 Å². The average Bonchev–Trinajstić information content (AvgIpc) is 3.35. The Morgan fingerprint density at radius 3 is 2.21 bits per heavy atom. The van der Waals surface area contributed by atoms with Crippen molar-refractivity contribution in [2.75, 3.05) is 13.2 Å². The van der Waals surface area contributed by atoms with E-state index in [2.05, 4.69) is 29.6 Å². The Morgan fingerprint density at radius 2 is 1.62 bits per heavy atom. The number of nitrogens with one attached hydrogen (secondary N) is 1. The minimum atomic E-state index is -0.750. The van der Waals surface area contributed by atoms with Crippen LogP contribution in [0.2, 0.25) is 0 Å². The van der Waals surface area contributed by atoms with Crippen LogP contribution in [0.5, 0.6) is 0 Å². The molecule has 3 aromatic carbocycles. The number of hydrogen-bond acceptors (Lipinski definition) is 5. The molecule has 0 spiro atoms. The Morgan fingerprint density at radius 1 is 1.03 bits per heavy atom. The maximum Gasteiger partial charge on any atom is 0.492 e. The summed E-state index contributed by atoms with van der Waals surface area (Å²) in [6, 6.07) is 22.4. The number of nitrogens with zero attached hydrogens (tertiary/aromatic N) is 1. The van der Waals surface area contributed by atoms with E-state index in [4.69, 9.17) is 14.0 Å². The zero-order valence-corrected chi connectivity index (χ0v) is 22.5. The van der Waals surface area contributed by atoms with Gasteiger partial charge < -0.3 is 19.4 Å². The monoisotopic (exact) mass is 524 g/mol. The molecule has 1 saturated heterocycles. The first-order chi connectivity index (χ1) is 18.6. The van der Waals surface area contributed by atoms with Gasteiger partial charge in [-0.05, 0) is 73.1 Å². The van der Waals surface area contributed by atoms with Crippen LogP contribution in [-0.2, 0) is 14.0 Å². The van der Waals surface area contributed by atoms with Crippen LogP contribution in [0.15, 0.2) is 72.2 Å². The molecule has 1 heterocycles. The van der Waals surface area contributed by atoms with Crippen LogP contribution in [0.4, 0.5) is 9.18 Å². The lowest BCUT2D eigenvalue weighted by atomic mass is 9.77. The molecule has 1 amide bonds. The van der Waals surface area contributed by atoms with Crippen molar-refractivity contribution in [1.29, 1.82) is 5.26 Å². The predicted octanol–water partition coefficient (Wildman–Crippen LogP) is 6.25. The zero-order valence-electron chi connectivity index (χ0n) is 22.5. The summed E-state index contributed by atoms with van der Waals surface area (Å²) in [6.07, 6.45) is 1.17. The maximum atomic E-state index is 13.9. The van der Waals surface area contributed by atoms with Gasteiger partial charge in [0.15, 0.2) is 0 Å². The number of nitriles is 1. The quantitative estimate of drug-likeness (QED) is 0.386. The number of benzene rings is 3. The number of carbonyl (C=O) groups is 1. The first-order valence-corrected chi connectivity index (χ1v) is 12.9. The minimum Gasteiger partial charge on any atom is -0.449 e. The number of rotatable bonds is 6. The van der Waals surface area contributed by atoms with E-state index in [-0.39, 0.29) is 24.6 Å². The molecule has 6 nitrogen and oxygen atoms in total. The Bertz CT molecular complexity index is 1430. The lowest BCUT2D eigenvalue weighted by molar-refractivity contribution is 0.00578. The molecule has 0 bridgehead atoms. The fourth-order valence-electron chi connectivity index (χ4n) is 4.95. The molecular weight excluding hydrogens is 494 g/mol. The fraction of sp³-hybridized carbons (Fsp3) is 0.290. The number of fused-ring (bicyclic) bond motifs is 3. The van der Waals surface area contributed by atoms with Gasteiger partial charge in [-0.15, -0.1) is 0 Å². The molecule has 0 saturated carbocycles. The highest BCUT2D eigenvalue weighted by Crippen LogP contribution is 2.44. The van der Waals surface area contributed by atoms with E-state index in [0.717, 1.165) is 22.3 Å². The molecule has 39 heavy (non-hydrogen) atoms. The largest absolute Gasteiger partial charge is 0.492 e. The maximum absolute atomic E-state index is 13.9. The molecular formula is C31H30BFN2O4. The third-order valence-corrected chi connectivity index (χ3v) is 7.80. The van der Waals surface area contributed by atoms with Crippen LogP contribution in [0.25, 0.3) is 17.2 Å². The van der Waals surface area contributed by atoms with Gasteiger partial charge in [-0.1, -0.05) is 60.7 Å². The zero-order chi connectivity index (χ0) is 27.8. The summed E-state index contributed by atoms with van der Waals surface area (Å²) >= 11 is 0. The van der Waals surface area contributed by atoms with Crippen LogP contribution in [-0.4, -0.2) is 37.6 Å². The van der Waals surface area contributed by atoms with Crippen molar-refractivity contribution < 1.29 is 23.2 Å². The van der Waals surface area contributed by atoms with Crippen molar-refractivity contribution in [1.82, 2.24) is 5.32 Å². The van der Waals surface area contributed by atoms with E-state index in [1.54, 1.807) is 12.1 Å². The number of alkyl carbamates (subject to hydrolysis) is 1. The normalized spacial score (nSPS) is 17.3. The van der Waals surface area contributed by atoms with Gasteiger partial charge >= 0.3 is 13.2 Å². The lowest BCUT2D eigenvalue weighted by Gasteiger charge is -2.32. The van der Waals surface area contributed by atoms with Gasteiger partial charge in [-0.2, -0.15) is 5.26 Å². The van der Waals surface area contributed by atoms with Crippen molar-refractivity contribution in [3.8, 4) is 17.2 Å². The third kappa shape index (κ3) is 5.20. The summed E-state index contributed by atoms with van der Waals surface area (Å²) in [7, 11) is -0.750. The molecule has 198 valence electrons. The Hall–Kier alpha value is -3.93. The number of amides is 1. The summed E-state index contributed by atoms with van der Waals surface area (Å²) in [5.41, 5.74) is 4.52. The van der Waals surface area contributed by atoms with E-state index >= 15 is 0 Å². The van der Waals surface area contributed by atoms with Crippen molar-refractivity contribution in [3.05, 3.63) is 100 Å². The fourth-order valence-corrected chi connectivity index (χ4v) is 4.95. The molecule has 2 aliphatic rings. The summed E-state index contributed by atoms with van der Waals surface area (Å²) in [5, 5.41) is 12.1. The van der Waals surface area contributed by atoms with E-state index in [1.807, 2.05) is 58.0 Å². The number of carbonyl (C=O) groups excluding carboxylic acids is 1. The van der Waals surface area contributed by atoms with Gasteiger partial charge in [-0.3, -0.25) is 0 Å². The summed E-state index contributed by atoms with van der Waals surface area (Å²) in [4.78, 5) is 12.9. The second kappa shape index (κ2) is 10.3. The molecule has 1 aliphatic carbocycles. The second-order valence-corrected chi connectivity index (χ2v) is 10.8. The lowest BCUT2D eigenvalue weighted by Crippen LogP contribution is -2.41. The molecule has 3 aromatic rings. The molecule has 0 atom stereocenters. The Balaban J connectivity index is 1.32. The molecule has 8 heteroatoms. The van der Waals surface area contributed by atoms with Gasteiger partial charge in [0, 0.05) is 12.5 Å². The number of ether oxygens (including phenoxy) is 1. The molecule has 1 N–H and O–H groups in total. The van der Waals surface area contributed by atoms with E-state index in [0.29, 0.717) is 11.0 Å². The topological polar surface area (TPSA) is 80.6 Å². The minimum absolute atomic E-state index is 0.0510. The summed E-state index contributed by atoms with van der Waals surface area (Å²) < 4.78 is 32.0. The van der Waals surface area contributed by atoms with E-state index in [9.17, 15) is 14.4 Å². The van der Waals surface area contributed by atoms with Crippen molar-refractivity contribution in [3.63, 3.8) is 0 Å². The average molecular weight is 524 g/mol. The first-order valence-electron chi connectivity index (χ1n) is 12.9. The molecule has 1 fully saturated rings. The SMILES string of the molecule is CC1(C)OB(C(=Cc2ccc(F)c(C#N)c2)CNC(=O)OCC2c3ccccc3-c3ccccc32)OC1(C)C. The van der Waals surface area contributed by atoms with Crippen molar-refractivity contribution in [2.24, 2.45) is 0 Å².